The first-order chi connectivity index (χ1) is 22.5. The van der Waals surface area contributed by atoms with Crippen molar-refractivity contribution in [2.75, 3.05) is 61.4 Å². The number of carbonyl (C=O) groups excluding carboxylic acids is 3. The molecule has 2 aromatic rings. The Morgan fingerprint density at radius 2 is 1.34 bits per heavy atom. The fourth-order valence-electron chi connectivity index (χ4n) is 2.73. The summed E-state index contributed by atoms with van der Waals surface area (Å²) in [5.41, 5.74) is 1.01. The third-order valence-electron chi connectivity index (χ3n) is 4.71. The maximum Gasteiger partial charge on any atom is 0.386 e. The van der Waals surface area contributed by atoms with Crippen LogP contribution in [0.1, 0.15) is 37.7 Å². The van der Waals surface area contributed by atoms with Crippen molar-refractivity contribution in [2.45, 2.75) is 21.8 Å². The monoisotopic (exact) mass is 705 g/mol. The van der Waals surface area contributed by atoms with Crippen LogP contribution >= 0.6 is 0 Å². The highest BCUT2D eigenvalue weighted by Gasteiger charge is 2.10. The van der Waals surface area contributed by atoms with E-state index in [1.165, 1.54) is 41.4 Å². The van der Waals surface area contributed by atoms with E-state index in [-0.39, 0.29) is 59.5 Å². The topological polar surface area (TPSA) is 247 Å². The van der Waals surface area contributed by atoms with Crippen molar-refractivity contribution in [3.63, 3.8) is 0 Å². The molecule has 0 radical (unpaired) electrons. The highest BCUT2D eigenvalue weighted by molar-refractivity contribution is 5.97. The molecule has 0 aliphatic rings. The molecule has 0 heterocycles. The molecule has 0 aliphatic carbocycles. The number of aliphatic hydroxyl groups is 2. The zero-order valence-corrected chi connectivity index (χ0v) is 27.2. The Hall–Kier alpha value is -6.12. The van der Waals surface area contributed by atoms with E-state index in [0.29, 0.717) is 34.1 Å². The molecule has 0 fully saturated rings. The van der Waals surface area contributed by atoms with Gasteiger partial charge in [0.15, 0.2) is 23.0 Å². The lowest BCUT2D eigenvalue weighted by Crippen LogP contribution is -2.04. The normalized spacial score (nSPS) is 8.54. The molecule has 0 bridgehead atoms. The van der Waals surface area contributed by atoms with Crippen LogP contribution < -0.4 is 25.1 Å². The van der Waals surface area contributed by atoms with E-state index >= 15 is 0 Å². The van der Waals surface area contributed by atoms with Gasteiger partial charge in [-0.05, 0) is 48.9 Å². The number of benzene rings is 2. The Balaban J connectivity index is -0.000000196. The van der Waals surface area contributed by atoms with Crippen molar-refractivity contribution in [1.29, 1.82) is 5.26 Å². The second kappa shape index (κ2) is 34.2. The number of carboxylic acid groups (broad SMARTS) is 1. The van der Waals surface area contributed by atoms with Crippen molar-refractivity contribution in [2.24, 2.45) is 0 Å². The average molecular weight is 706 g/mol. The van der Waals surface area contributed by atoms with Gasteiger partial charge in [-0.15, -0.1) is 0 Å². The Morgan fingerprint density at radius 3 is 1.64 bits per heavy atom. The molecule has 0 aromatic heterocycles. The summed E-state index contributed by atoms with van der Waals surface area (Å²) in [6.45, 7) is 7.66. The number of ether oxygens (including phenoxy) is 6. The summed E-state index contributed by atoms with van der Waals surface area (Å²) >= 11 is 0. The first-order valence-corrected chi connectivity index (χ1v) is 13.1. The minimum Gasteiger partial charge on any atom is -0.493 e. The molecule has 16 heteroatoms. The second-order valence-electron chi connectivity index (χ2n) is 7.82. The molecule has 2 aromatic carbocycles. The summed E-state index contributed by atoms with van der Waals surface area (Å²) in [6, 6.07) is 11.5. The number of hydrogen-bond acceptors (Lipinski definition) is 14. The number of nitriles is 1. The van der Waals surface area contributed by atoms with E-state index in [1.807, 2.05) is 5.92 Å². The van der Waals surface area contributed by atoms with E-state index in [1.54, 1.807) is 42.5 Å². The van der Waals surface area contributed by atoms with Gasteiger partial charge < -0.3 is 54.7 Å². The third kappa shape index (κ3) is 24.1. The summed E-state index contributed by atoms with van der Waals surface area (Å²) < 4.78 is 29.3. The molecule has 0 spiro atoms. The van der Waals surface area contributed by atoms with Gasteiger partial charge in [0.2, 0.25) is 0 Å². The number of carboxylic acids is 1. The van der Waals surface area contributed by atoms with Crippen molar-refractivity contribution in [1.82, 2.24) is 6.15 Å². The molecule has 0 saturated heterocycles. The maximum atomic E-state index is 11.3. The number of hydrogen-bond donors (Lipinski definition) is 4. The first-order valence-electron chi connectivity index (χ1n) is 13.1. The molecule has 0 amide bonds. The Bertz CT molecular complexity index is 1470. The van der Waals surface area contributed by atoms with Crippen molar-refractivity contribution in [3.8, 4) is 40.9 Å². The molecule has 2 rings (SSSR count). The lowest BCUT2D eigenvalue weighted by molar-refractivity contribution is -0.138. The van der Waals surface area contributed by atoms with Gasteiger partial charge >= 0.3 is 24.5 Å². The molecular formula is C34H47N3O13. The summed E-state index contributed by atoms with van der Waals surface area (Å²) in [5.74, 6) is 3.76. The van der Waals surface area contributed by atoms with Gasteiger partial charge in [-0.1, -0.05) is 26.8 Å². The van der Waals surface area contributed by atoms with E-state index in [2.05, 4.69) is 20.2 Å². The number of carbonyl (C=O) groups is 4. The van der Waals surface area contributed by atoms with Crippen molar-refractivity contribution < 1.29 is 62.9 Å². The molecule has 50 heavy (non-hydrogen) atoms. The number of aliphatic hydroxyl groups excluding tert-OH is 2. The fourth-order valence-corrected chi connectivity index (χ4v) is 2.73. The van der Waals surface area contributed by atoms with Gasteiger partial charge in [0.05, 0.1) is 41.7 Å². The molecule has 16 nitrogen and oxygen atoms in total. The summed E-state index contributed by atoms with van der Waals surface area (Å²) in [5, 5.41) is 33.9. The summed E-state index contributed by atoms with van der Waals surface area (Å²) in [6.07, 6.45) is 2.13. The number of methoxy groups -OCH3 is 4. The van der Waals surface area contributed by atoms with Crippen LogP contribution in [0.15, 0.2) is 42.0 Å². The van der Waals surface area contributed by atoms with Crippen molar-refractivity contribution >= 4 is 30.3 Å². The minimum atomic E-state index is -1.07. The number of nitrogens with zero attached hydrogens (tertiary/aromatic N) is 2. The van der Waals surface area contributed by atoms with Gasteiger partial charge in [-0.25, -0.2) is 21.0 Å². The van der Waals surface area contributed by atoms with Crippen LogP contribution in [-0.4, -0.2) is 101 Å². The predicted octanol–water partition coefficient (Wildman–Crippen LogP) is 3.63. The number of esters is 2. The van der Waals surface area contributed by atoms with Crippen LogP contribution in [0.3, 0.4) is 0 Å². The zero-order valence-electron chi connectivity index (χ0n) is 27.2. The number of aldehydes is 1. The molecule has 0 saturated carbocycles. The highest BCUT2D eigenvalue weighted by atomic mass is 16.5. The second-order valence-corrected chi connectivity index (χ2v) is 7.82. The van der Waals surface area contributed by atoms with Gasteiger partial charge in [0, 0.05) is 11.5 Å². The molecular weight excluding hydrogens is 658 g/mol. The fraction of sp³-hybridized carbons (Fsp3) is 0.353. The molecule has 6 N–H and O–H groups in total. The van der Waals surface area contributed by atoms with Crippen molar-refractivity contribution in [3.05, 3.63) is 64.5 Å². The molecule has 0 atom stereocenters. The average Bonchev–Trinajstić information content (AvgIpc) is 3.09. The quantitative estimate of drug-likeness (QED) is 0.0615. The largest absolute Gasteiger partial charge is 0.493 e. The van der Waals surface area contributed by atoms with Crippen LogP contribution in [0.2, 0.25) is 0 Å². The molecule has 276 valence electrons. The van der Waals surface area contributed by atoms with Crippen LogP contribution in [0.5, 0.6) is 23.0 Å². The lowest BCUT2D eigenvalue weighted by atomic mass is 10.1. The smallest absolute Gasteiger partial charge is 0.386 e. The van der Waals surface area contributed by atoms with Gasteiger partial charge in [-0.3, -0.25) is 4.79 Å². The van der Waals surface area contributed by atoms with E-state index in [0.717, 1.165) is 6.29 Å². The zero-order chi connectivity index (χ0) is 36.0. The maximum absolute atomic E-state index is 11.3. The summed E-state index contributed by atoms with van der Waals surface area (Å²) in [4.78, 5) is 44.0. The Labute approximate surface area is 293 Å². The van der Waals surface area contributed by atoms with Crippen LogP contribution in [0.25, 0.3) is 10.9 Å². The van der Waals surface area contributed by atoms with Gasteiger partial charge in [-0.2, -0.15) is 5.26 Å². The lowest BCUT2D eigenvalue weighted by Gasteiger charge is -2.10. The van der Waals surface area contributed by atoms with E-state index < -0.39 is 17.9 Å². The van der Waals surface area contributed by atoms with E-state index in [9.17, 15) is 19.2 Å². The van der Waals surface area contributed by atoms with Crippen LogP contribution in [0, 0.1) is 29.7 Å². The highest BCUT2D eigenvalue weighted by Crippen LogP contribution is 2.29. The number of rotatable bonds is 12. The van der Waals surface area contributed by atoms with Crippen LogP contribution in [-0.2, 0) is 23.9 Å². The van der Waals surface area contributed by atoms with Gasteiger partial charge in [0.1, 0.15) is 31.1 Å². The van der Waals surface area contributed by atoms with E-state index in [4.69, 9.17) is 46.1 Å². The first kappa shape index (κ1) is 53.4. The SMILES string of the molecule is C.C.CC#CC(=O)O.COC(=O)/C(C#N)=C/c1ccc(OCCO)c(OC)c1.COc1cc(C=O)ccc1OCCO.N.[C-]#[N+]CC(=O)OC. The van der Waals surface area contributed by atoms with Gasteiger partial charge in [0.25, 0.3) is 0 Å². The van der Waals surface area contributed by atoms with Crippen LogP contribution in [0.4, 0.5) is 0 Å². The Morgan fingerprint density at radius 1 is 0.860 bits per heavy atom. The molecule has 0 unspecified atom stereocenters. The predicted molar refractivity (Wildman–Crippen MR) is 185 cm³/mol. The third-order valence-corrected chi connectivity index (χ3v) is 4.71. The standard InChI is InChI=1S/C14H15NO5.C10H12O4.C4H5NO2.C4H4O2.2CH4.H3N/c1-18-13-8-10(3-4-12(13)20-6-5-16)7-11(9-15)14(17)19-2;1-13-10-6-8(7-12)2-3-9(10)14-5-4-11;1-5-3-4(6)7-2;1-2-3-4(5)6;;;/h3-4,7-8,16H,5-6H2,1-2H3;2-3,6-7,11H,4-5H2,1H3;3H2,2H3;1H3,(H,5,6);2*1H4;1H3/b11-7+;;;;;;. The minimum absolute atomic E-state index is 0. The summed E-state index contributed by atoms with van der Waals surface area (Å²) in [7, 11) is 5.43. The number of aliphatic carboxylic acids is 1. The Kier molecular flexibility index (Phi) is 36.5. The molecule has 0 aliphatic heterocycles.